The highest BCUT2D eigenvalue weighted by Crippen LogP contribution is 2.49. The van der Waals surface area contributed by atoms with Crippen molar-refractivity contribution in [3.8, 4) is 5.75 Å². The van der Waals surface area contributed by atoms with Crippen molar-refractivity contribution < 1.29 is 9.84 Å². The van der Waals surface area contributed by atoms with E-state index in [4.69, 9.17) is 4.74 Å². The van der Waals surface area contributed by atoms with Crippen LogP contribution in [-0.4, -0.2) is 22.0 Å². The average Bonchev–Trinajstić information content (AvgIpc) is 2.90. The topological polar surface area (TPSA) is 47.3 Å². The molecule has 0 spiro atoms. The zero-order chi connectivity index (χ0) is 13.3. The maximum absolute atomic E-state index is 10.7. The predicted molar refractivity (Wildman–Crippen MR) is 70.5 cm³/mol. The zero-order valence-corrected chi connectivity index (χ0v) is 11.8. The molecule has 0 radical (unpaired) electrons. The first-order chi connectivity index (χ1) is 8.51. The lowest BCUT2D eigenvalue weighted by Crippen LogP contribution is -2.26. The van der Waals surface area contributed by atoms with Gasteiger partial charge in [0.05, 0.1) is 13.3 Å². The maximum atomic E-state index is 10.7. The Labute approximate surface area is 109 Å². The SMILES string of the molecule is CCn1ncc(OC)c1C(O)C1CCCC1(C)C. The highest BCUT2D eigenvalue weighted by molar-refractivity contribution is 5.28. The standard InChI is InChI=1S/C14H24N2O2/c1-5-16-12(11(18-4)9-15-16)13(17)10-7-6-8-14(10,2)3/h9-10,13,17H,5-8H2,1-4H3. The van der Waals surface area contributed by atoms with Gasteiger partial charge in [0.2, 0.25) is 0 Å². The van der Waals surface area contributed by atoms with Gasteiger partial charge in [-0.3, -0.25) is 4.68 Å². The number of hydrogen-bond acceptors (Lipinski definition) is 3. The van der Waals surface area contributed by atoms with Gasteiger partial charge in [-0.05, 0) is 31.1 Å². The molecule has 2 rings (SSSR count). The summed E-state index contributed by atoms with van der Waals surface area (Å²) in [6.45, 7) is 7.27. The molecule has 1 aliphatic carbocycles. The molecule has 4 heteroatoms. The average molecular weight is 252 g/mol. The van der Waals surface area contributed by atoms with Crippen molar-refractivity contribution in [2.24, 2.45) is 11.3 Å². The summed E-state index contributed by atoms with van der Waals surface area (Å²) in [5.41, 5.74) is 1.02. The van der Waals surface area contributed by atoms with Crippen LogP contribution in [0.25, 0.3) is 0 Å². The molecule has 1 aromatic rings. The van der Waals surface area contributed by atoms with Crippen LogP contribution >= 0.6 is 0 Å². The number of ether oxygens (including phenoxy) is 1. The third-order valence-electron chi connectivity index (χ3n) is 4.37. The second-order valence-electron chi connectivity index (χ2n) is 5.85. The Balaban J connectivity index is 2.33. The van der Waals surface area contributed by atoms with Crippen LogP contribution in [0.4, 0.5) is 0 Å². The molecule has 0 bridgehead atoms. The Hall–Kier alpha value is -1.03. The van der Waals surface area contributed by atoms with Crippen molar-refractivity contribution in [2.75, 3.05) is 7.11 Å². The fourth-order valence-corrected chi connectivity index (χ4v) is 3.21. The normalized spacial score (nSPS) is 24.2. The number of methoxy groups -OCH3 is 1. The molecule has 4 nitrogen and oxygen atoms in total. The smallest absolute Gasteiger partial charge is 0.162 e. The molecule has 2 unspecified atom stereocenters. The minimum Gasteiger partial charge on any atom is -0.493 e. The summed E-state index contributed by atoms with van der Waals surface area (Å²) in [6, 6.07) is 0. The van der Waals surface area contributed by atoms with Gasteiger partial charge in [0.25, 0.3) is 0 Å². The van der Waals surface area contributed by atoms with E-state index in [2.05, 4.69) is 18.9 Å². The van der Waals surface area contributed by atoms with E-state index in [0.717, 1.165) is 18.7 Å². The van der Waals surface area contributed by atoms with E-state index in [1.54, 1.807) is 13.3 Å². The van der Waals surface area contributed by atoms with Crippen molar-refractivity contribution in [1.82, 2.24) is 9.78 Å². The van der Waals surface area contributed by atoms with Crippen LogP contribution in [0.15, 0.2) is 6.20 Å². The zero-order valence-electron chi connectivity index (χ0n) is 11.8. The first kappa shape index (κ1) is 13.4. The Morgan fingerprint density at radius 1 is 1.61 bits per heavy atom. The molecular formula is C14H24N2O2. The van der Waals surface area contributed by atoms with Crippen molar-refractivity contribution in [2.45, 2.75) is 52.7 Å². The quantitative estimate of drug-likeness (QED) is 0.896. The second kappa shape index (κ2) is 4.92. The molecule has 18 heavy (non-hydrogen) atoms. The second-order valence-corrected chi connectivity index (χ2v) is 5.85. The first-order valence-corrected chi connectivity index (χ1v) is 6.79. The van der Waals surface area contributed by atoms with E-state index in [1.807, 2.05) is 11.6 Å². The summed E-state index contributed by atoms with van der Waals surface area (Å²) >= 11 is 0. The summed E-state index contributed by atoms with van der Waals surface area (Å²) < 4.78 is 7.18. The molecule has 0 saturated heterocycles. The molecule has 1 saturated carbocycles. The minimum absolute atomic E-state index is 0.188. The number of aliphatic hydroxyl groups excluding tert-OH is 1. The van der Waals surface area contributed by atoms with Crippen molar-refractivity contribution >= 4 is 0 Å². The number of nitrogens with zero attached hydrogens (tertiary/aromatic N) is 2. The minimum atomic E-state index is -0.486. The highest BCUT2D eigenvalue weighted by Gasteiger charge is 2.41. The van der Waals surface area contributed by atoms with Gasteiger partial charge in [-0.2, -0.15) is 5.10 Å². The van der Waals surface area contributed by atoms with Crippen molar-refractivity contribution in [1.29, 1.82) is 0 Å². The van der Waals surface area contributed by atoms with Gasteiger partial charge in [-0.15, -0.1) is 0 Å². The van der Waals surface area contributed by atoms with Crippen LogP contribution in [0, 0.1) is 11.3 Å². The summed E-state index contributed by atoms with van der Waals surface area (Å²) in [7, 11) is 1.63. The van der Waals surface area contributed by atoms with E-state index < -0.39 is 6.10 Å². The van der Waals surface area contributed by atoms with E-state index in [0.29, 0.717) is 5.75 Å². The van der Waals surface area contributed by atoms with Crippen LogP contribution in [0.2, 0.25) is 0 Å². The lowest BCUT2D eigenvalue weighted by Gasteiger charge is -2.31. The van der Waals surface area contributed by atoms with E-state index in [9.17, 15) is 5.11 Å². The summed E-state index contributed by atoms with van der Waals surface area (Å²) in [4.78, 5) is 0. The van der Waals surface area contributed by atoms with Crippen LogP contribution < -0.4 is 4.74 Å². The number of aromatic nitrogens is 2. The third kappa shape index (κ3) is 2.14. The molecule has 1 fully saturated rings. The number of rotatable bonds is 4. The Morgan fingerprint density at radius 2 is 2.33 bits per heavy atom. The van der Waals surface area contributed by atoms with Crippen molar-refractivity contribution in [3.05, 3.63) is 11.9 Å². The van der Waals surface area contributed by atoms with E-state index in [-0.39, 0.29) is 11.3 Å². The molecule has 0 aliphatic heterocycles. The predicted octanol–water partition coefficient (Wildman–Crippen LogP) is 2.77. The summed E-state index contributed by atoms with van der Waals surface area (Å²) in [5.74, 6) is 0.987. The van der Waals surface area contributed by atoms with E-state index in [1.165, 1.54) is 12.8 Å². The third-order valence-corrected chi connectivity index (χ3v) is 4.37. The summed E-state index contributed by atoms with van der Waals surface area (Å²) in [6.07, 6.45) is 4.66. The largest absolute Gasteiger partial charge is 0.493 e. The monoisotopic (exact) mass is 252 g/mol. The van der Waals surface area contributed by atoms with Gasteiger partial charge in [0.1, 0.15) is 11.8 Å². The highest BCUT2D eigenvalue weighted by atomic mass is 16.5. The number of aliphatic hydroxyl groups is 1. The number of hydrogen-bond donors (Lipinski definition) is 1. The lowest BCUT2D eigenvalue weighted by atomic mass is 9.77. The van der Waals surface area contributed by atoms with Gasteiger partial charge in [-0.1, -0.05) is 20.3 Å². The van der Waals surface area contributed by atoms with Gasteiger partial charge >= 0.3 is 0 Å². The van der Waals surface area contributed by atoms with Gasteiger partial charge < -0.3 is 9.84 Å². The molecule has 1 heterocycles. The van der Waals surface area contributed by atoms with Gasteiger partial charge in [0.15, 0.2) is 5.75 Å². The molecule has 2 atom stereocenters. The maximum Gasteiger partial charge on any atom is 0.162 e. The molecule has 0 amide bonds. The molecule has 1 aromatic heterocycles. The van der Waals surface area contributed by atoms with Gasteiger partial charge in [-0.25, -0.2) is 0 Å². The fourth-order valence-electron chi connectivity index (χ4n) is 3.21. The van der Waals surface area contributed by atoms with E-state index >= 15 is 0 Å². The first-order valence-electron chi connectivity index (χ1n) is 6.79. The lowest BCUT2D eigenvalue weighted by molar-refractivity contribution is 0.0446. The van der Waals surface area contributed by atoms with Crippen LogP contribution in [0.5, 0.6) is 5.75 Å². The molecule has 0 aromatic carbocycles. The summed E-state index contributed by atoms with van der Waals surface area (Å²) in [5, 5.41) is 15.0. The molecule has 1 N–H and O–H groups in total. The molecule has 1 aliphatic rings. The Bertz CT molecular complexity index is 390. The molecular weight excluding hydrogens is 228 g/mol. The van der Waals surface area contributed by atoms with Gasteiger partial charge in [0, 0.05) is 6.54 Å². The van der Waals surface area contributed by atoms with Crippen LogP contribution in [0.1, 0.15) is 51.8 Å². The Kier molecular flexibility index (Phi) is 3.66. The fraction of sp³-hybridized carbons (Fsp3) is 0.786. The Morgan fingerprint density at radius 3 is 2.83 bits per heavy atom. The van der Waals surface area contributed by atoms with Crippen molar-refractivity contribution in [3.63, 3.8) is 0 Å². The van der Waals surface area contributed by atoms with Crippen LogP contribution in [0.3, 0.4) is 0 Å². The number of aryl methyl sites for hydroxylation is 1. The molecule has 102 valence electrons. The van der Waals surface area contributed by atoms with Crippen LogP contribution in [-0.2, 0) is 6.54 Å².